The van der Waals surface area contributed by atoms with Gasteiger partial charge >= 0.3 is 5.97 Å². The van der Waals surface area contributed by atoms with E-state index in [1.165, 1.54) is 30.6 Å². The molecule has 9 heteroatoms. The number of nitro groups is 1. The summed E-state index contributed by atoms with van der Waals surface area (Å²) in [6.07, 6.45) is 0. The summed E-state index contributed by atoms with van der Waals surface area (Å²) in [5.74, 6) is -0.977. The molecule has 0 fully saturated rings. The number of nitrogens with one attached hydrogen (secondary N) is 1. The lowest BCUT2D eigenvalue weighted by atomic mass is 10.0. The van der Waals surface area contributed by atoms with Crippen LogP contribution in [0.5, 0.6) is 0 Å². The molecule has 0 aliphatic carbocycles. The lowest BCUT2D eigenvalue weighted by molar-refractivity contribution is -0.384. The van der Waals surface area contributed by atoms with Gasteiger partial charge in [-0.05, 0) is 24.6 Å². The molecule has 0 saturated heterocycles. The highest BCUT2D eigenvalue weighted by Gasteiger charge is 2.23. The van der Waals surface area contributed by atoms with E-state index in [-0.39, 0.29) is 24.5 Å². The minimum atomic E-state index is -0.579. The number of esters is 1. The minimum absolute atomic E-state index is 0.0507. The van der Waals surface area contributed by atoms with Crippen LogP contribution in [0, 0.1) is 10.1 Å². The molecule has 8 nitrogen and oxygen atoms in total. The van der Waals surface area contributed by atoms with Gasteiger partial charge in [0.05, 0.1) is 11.5 Å². The highest BCUT2D eigenvalue weighted by Crippen LogP contribution is 2.36. The number of nitro benzene ring substituents is 1. The number of carbonyl (C=O) groups excluding carboxylic acids is 2. The molecule has 0 saturated carbocycles. The average Bonchev–Trinajstić information content (AvgIpc) is 2.99. The van der Waals surface area contributed by atoms with E-state index in [4.69, 9.17) is 9.47 Å². The van der Waals surface area contributed by atoms with Gasteiger partial charge in [0.25, 0.3) is 11.6 Å². The van der Waals surface area contributed by atoms with Gasteiger partial charge in [-0.1, -0.05) is 0 Å². The summed E-state index contributed by atoms with van der Waals surface area (Å²) >= 11 is 1.17. The number of thiophene rings is 1. The molecule has 2 aromatic rings. The van der Waals surface area contributed by atoms with Crippen LogP contribution in [0.25, 0.3) is 11.1 Å². The molecule has 0 atom stereocenters. The summed E-state index contributed by atoms with van der Waals surface area (Å²) < 4.78 is 9.83. The Hall–Kier alpha value is -2.78. The summed E-state index contributed by atoms with van der Waals surface area (Å²) in [5.41, 5.74) is 1.30. The number of methoxy groups -OCH3 is 1. The molecule has 1 aromatic heterocycles. The second kappa shape index (κ2) is 8.36. The number of benzene rings is 1. The Balaban J connectivity index is 2.43. The Bertz CT molecular complexity index is 784. The van der Waals surface area contributed by atoms with Crippen LogP contribution < -0.4 is 5.32 Å². The molecule has 0 unspecified atom stereocenters. The van der Waals surface area contributed by atoms with Gasteiger partial charge in [0, 0.05) is 30.2 Å². The van der Waals surface area contributed by atoms with Crippen LogP contribution in [0.2, 0.25) is 0 Å². The van der Waals surface area contributed by atoms with Crippen LogP contribution in [0.4, 0.5) is 10.7 Å². The Morgan fingerprint density at radius 3 is 2.52 bits per heavy atom. The molecule has 0 aliphatic heterocycles. The second-order valence-corrected chi connectivity index (χ2v) is 5.74. The van der Waals surface area contributed by atoms with E-state index in [0.717, 1.165) is 0 Å². The molecular weight excluding hydrogens is 348 g/mol. The molecule has 0 aliphatic rings. The third-order valence-corrected chi connectivity index (χ3v) is 4.08. The van der Waals surface area contributed by atoms with Crippen molar-refractivity contribution in [1.29, 1.82) is 0 Å². The maximum Gasteiger partial charge on any atom is 0.341 e. The van der Waals surface area contributed by atoms with Crippen molar-refractivity contribution in [2.75, 3.05) is 25.6 Å². The van der Waals surface area contributed by atoms with E-state index in [2.05, 4.69) is 5.32 Å². The lowest BCUT2D eigenvalue weighted by Gasteiger charge is -2.08. The molecule has 25 heavy (non-hydrogen) atoms. The number of anilines is 1. The van der Waals surface area contributed by atoms with Gasteiger partial charge in [-0.25, -0.2) is 4.79 Å². The summed E-state index contributed by atoms with van der Waals surface area (Å²) in [6.45, 7) is 1.71. The molecule has 1 heterocycles. The van der Waals surface area contributed by atoms with Crippen molar-refractivity contribution in [3.63, 3.8) is 0 Å². The van der Waals surface area contributed by atoms with E-state index >= 15 is 0 Å². The average molecular weight is 364 g/mol. The van der Waals surface area contributed by atoms with Crippen molar-refractivity contribution < 1.29 is 24.0 Å². The van der Waals surface area contributed by atoms with Crippen molar-refractivity contribution in [3.8, 4) is 11.1 Å². The van der Waals surface area contributed by atoms with E-state index < -0.39 is 16.8 Å². The lowest BCUT2D eigenvalue weighted by Crippen LogP contribution is -2.18. The van der Waals surface area contributed by atoms with Crippen molar-refractivity contribution in [1.82, 2.24) is 0 Å². The van der Waals surface area contributed by atoms with Crippen LogP contribution in [0.1, 0.15) is 17.3 Å². The predicted octanol–water partition coefficient (Wildman–Crippen LogP) is 3.08. The molecule has 0 spiro atoms. The first-order valence-corrected chi connectivity index (χ1v) is 8.18. The minimum Gasteiger partial charge on any atom is -0.462 e. The van der Waals surface area contributed by atoms with Crippen molar-refractivity contribution >= 4 is 33.9 Å². The SMILES string of the molecule is CCOC(=O)c1c(-c2ccc([N+](=O)[O-])cc2)csc1NC(=O)COC. The quantitative estimate of drug-likeness (QED) is 0.459. The fourth-order valence-electron chi connectivity index (χ4n) is 2.12. The number of carbonyl (C=O) groups is 2. The zero-order chi connectivity index (χ0) is 18.4. The zero-order valence-electron chi connectivity index (χ0n) is 13.6. The van der Waals surface area contributed by atoms with Gasteiger partial charge in [-0.15, -0.1) is 11.3 Å². The number of nitrogens with zero attached hydrogens (tertiary/aromatic N) is 1. The van der Waals surface area contributed by atoms with Crippen LogP contribution >= 0.6 is 11.3 Å². The Morgan fingerprint density at radius 1 is 1.28 bits per heavy atom. The highest BCUT2D eigenvalue weighted by atomic mass is 32.1. The van der Waals surface area contributed by atoms with Gasteiger partial charge in [0.15, 0.2) is 0 Å². The van der Waals surface area contributed by atoms with Gasteiger partial charge in [-0.2, -0.15) is 0 Å². The summed E-state index contributed by atoms with van der Waals surface area (Å²) in [4.78, 5) is 34.4. The Labute approximate surface area is 147 Å². The first kappa shape index (κ1) is 18.6. The molecular formula is C16H16N2O6S. The smallest absolute Gasteiger partial charge is 0.341 e. The number of hydrogen-bond acceptors (Lipinski definition) is 7. The number of ether oxygens (including phenoxy) is 2. The summed E-state index contributed by atoms with van der Waals surface area (Å²) in [7, 11) is 1.39. The molecule has 2 rings (SSSR count). The first-order valence-electron chi connectivity index (χ1n) is 7.30. The third-order valence-electron chi connectivity index (χ3n) is 3.19. The van der Waals surface area contributed by atoms with Crippen molar-refractivity contribution in [3.05, 3.63) is 45.3 Å². The van der Waals surface area contributed by atoms with E-state index in [1.54, 1.807) is 24.4 Å². The van der Waals surface area contributed by atoms with Crippen LogP contribution in [0.3, 0.4) is 0 Å². The third kappa shape index (κ3) is 4.40. The maximum absolute atomic E-state index is 12.3. The van der Waals surface area contributed by atoms with E-state index in [9.17, 15) is 19.7 Å². The molecule has 0 radical (unpaired) electrons. The zero-order valence-corrected chi connectivity index (χ0v) is 14.4. The van der Waals surface area contributed by atoms with Crippen LogP contribution in [-0.4, -0.2) is 37.1 Å². The van der Waals surface area contributed by atoms with Gasteiger partial charge < -0.3 is 14.8 Å². The second-order valence-electron chi connectivity index (χ2n) is 4.86. The predicted molar refractivity (Wildman–Crippen MR) is 92.9 cm³/mol. The molecule has 1 amide bonds. The van der Waals surface area contributed by atoms with E-state index in [1.807, 2.05) is 0 Å². The number of amides is 1. The standard InChI is InChI=1S/C16H16N2O6S/c1-3-24-16(20)14-12(9-25-15(14)17-13(19)8-23-2)10-4-6-11(7-5-10)18(21)22/h4-7,9H,3,8H2,1-2H3,(H,17,19). The molecule has 132 valence electrons. The maximum atomic E-state index is 12.3. The van der Waals surface area contributed by atoms with Crippen molar-refractivity contribution in [2.45, 2.75) is 6.92 Å². The van der Waals surface area contributed by atoms with E-state index in [0.29, 0.717) is 16.1 Å². The monoisotopic (exact) mass is 364 g/mol. The number of rotatable bonds is 7. The topological polar surface area (TPSA) is 108 Å². The highest BCUT2D eigenvalue weighted by molar-refractivity contribution is 7.15. The summed E-state index contributed by atoms with van der Waals surface area (Å²) in [5, 5.41) is 15.4. The van der Waals surface area contributed by atoms with Crippen LogP contribution in [0.15, 0.2) is 29.6 Å². The Morgan fingerprint density at radius 2 is 1.96 bits per heavy atom. The largest absolute Gasteiger partial charge is 0.462 e. The van der Waals surface area contributed by atoms with Crippen molar-refractivity contribution in [2.24, 2.45) is 0 Å². The first-order chi connectivity index (χ1) is 12.0. The van der Waals surface area contributed by atoms with Gasteiger partial charge in [0.1, 0.15) is 17.2 Å². The van der Waals surface area contributed by atoms with Gasteiger partial charge in [-0.3, -0.25) is 14.9 Å². The van der Waals surface area contributed by atoms with Crippen LogP contribution in [-0.2, 0) is 14.3 Å². The molecule has 0 bridgehead atoms. The normalized spacial score (nSPS) is 10.3. The number of non-ortho nitro benzene ring substituents is 1. The van der Waals surface area contributed by atoms with Gasteiger partial charge in [0.2, 0.25) is 0 Å². The fourth-order valence-corrected chi connectivity index (χ4v) is 3.10. The molecule has 1 N–H and O–H groups in total. The summed E-state index contributed by atoms with van der Waals surface area (Å²) in [6, 6.07) is 5.80. The Kier molecular flexibility index (Phi) is 6.20. The molecule has 1 aromatic carbocycles. The fraction of sp³-hybridized carbons (Fsp3) is 0.250. The number of hydrogen-bond donors (Lipinski definition) is 1.